The normalized spacial score (nSPS) is 12.7. The fourth-order valence-electron chi connectivity index (χ4n) is 12.5. The van der Waals surface area contributed by atoms with Crippen molar-refractivity contribution < 1.29 is 0 Å². The molecule has 0 saturated carbocycles. The van der Waals surface area contributed by atoms with Crippen molar-refractivity contribution in [2.75, 3.05) is 9.80 Å². The van der Waals surface area contributed by atoms with Gasteiger partial charge in [0.1, 0.15) is 0 Å². The first-order valence-corrected chi connectivity index (χ1v) is 27.0. The molecule has 3 nitrogen and oxygen atoms in total. The lowest BCUT2D eigenvalue weighted by Gasteiger charge is -2.28. The topological polar surface area (TPSA) is 19.4 Å². The molecule has 13 aromatic carbocycles. The highest BCUT2D eigenvalue weighted by Gasteiger charge is 2.37. The van der Waals surface area contributed by atoms with E-state index in [-0.39, 0.29) is 5.41 Å². The second kappa shape index (κ2) is 17.4. The summed E-state index contributed by atoms with van der Waals surface area (Å²) in [5.74, 6) is 0. The number of thiazole rings is 1. The molecule has 358 valence electrons. The van der Waals surface area contributed by atoms with E-state index in [9.17, 15) is 0 Å². The number of aromatic nitrogens is 1. The molecule has 15 rings (SSSR count). The Balaban J connectivity index is 1.06. The minimum atomic E-state index is -0.248. The van der Waals surface area contributed by atoms with Crippen LogP contribution in [0.15, 0.2) is 261 Å². The minimum Gasteiger partial charge on any atom is -0.310 e. The summed E-state index contributed by atoms with van der Waals surface area (Å²) < 4.78 is 1.16. The Hall–Kier alpha value is -9.35. The van der Waals surface area contributed by atoms with Crippen LogP contribution in [0, 0.1) is 0 Å². The highest BCUT2D eigenvalue weighted by atomic mass is 32.1. The molecular formula is C72H49N3S. The maximum Gasteiger partial charge on any atom is 0.195 e. The van der Waals surface area contributed by atoms with E-state index in [4.69, 9.17) is 4.98 Å². The predicted octanol–water partition coefficient (Wildman–Crippen LogP) is 20.6. The van der Waals surface area contributed by atoms with E-state index < -0.39 is 0 Å². The minimum absolute atomic E-state index is 0.248. The maximum atomic E-state index is 5.30. The van der Waals surface area contributed by atoms with Crippen LogP contribution in [-0.4, -0.2) is 4.98 Å². The second-order valence-electron chi connectivity index (χ2n) is 20.7. The lowest BCUT2D eigenvalue weighted by molar-refractivity contribution is 0.666. The summed E-state index contributed by atoms with van der Waals surface area (Å²) in [7, 11) is 0. The molecule has 0 fully saturated rings. The lowest BCUT2D eigenvalue weighted by atomic mass is 9.79. The zero-order valence-corrected chi connectivity index (χ0v) is 42.9. The smallest absolute Gasteiger partial charge is 0.195 e. The second-order valence-corrected chi connectivity index (χ2v) is 21.7. The third kappa shape index (κ3) is 6.98. The summed E-state index contributed by atoms with van der Waals surface area (Å²) >= 11 is 1.72. The van der Waals surface area contributed by atoms with Crippen molar-refractivity contribution in [3.8, 4) is 33.4 Å². The molecule has 14 aromatic rings. The van der Waals surface area contributed by atoms with Crippen molar-refractivity contribution in [2.45, 2.75) is 19.3 Å². The van der Waals surface area contributed by atoms with Crippen LogP contribution in [-0.2, 0) is 5.41 Å². The van der Waals surface area contributed by atoms with E-state index in [1.54, 1.807) is 11.3 Å². The Morgan fingerprint density at radius 3 is 1.66 bits per heavy atom. The van der Waals surface area contributed by atoms with E-state index >= 15 is 0 Å². The van der Waals surface area contributed by atoms with Gasteiger partial charge in [-0.25, -0.2) is 4.98 Å². The summed E-state index contributed by atoms with van der Waals surface area (Å²) in [6.07, 6.45) is 0. The number of hydrogen-bond acceptors (Lipinski definition) is 4. The lowest BCUT2D eigenvalue weighted by Crippen LogP contribution is -2.15. The van der Waals surface area contributed by atoms with Crippen LogP contribution in [0.25, 0.3) is 97.5 Å². The SMILES string of the molecule is CC1(C)c2cc(-c3c4cc(N(c5ccccc5)c5ccc6ccccc6c5)ccc4c(-c4cccc5ccccc45)c4cc(N(c5ccccc5)c5nc6ccccc6s5)ccc34)ccc2-c2ccc3ccccc3c21. The molecule has 0 unspecified atom stereocenters. The van der Waals surface area contributed by atoms with Gasteiger partial charge < -0.3 is 4.90 Å². The van der Waals surface area contributed by atoms with Gasteiger partial charge in [0.2, 0.25) is 0 Å². The Morgan fingerprint density at radius 2 is 0.895 bits per heavy atom. The third-order valence-electron chi connectivity index (χ3n) is 16.0. The van der Waals surface area contributed by atoms with E-state index in [0.29, 0.717) is 0 Å². The number of para-hydroxylation sites is 3. The van der Waals surface area contributed by atoms with Gasteiger partial charge in [0.25, 0.3) is 0 Å². The summed E-state index contributed by atoms with van der Waals surface area (Å²) in [5, 5.41) is 13.1. The number of nitrogens with zero attached hydrogens (tertiary/aromatic N) is 3. The van der Waals surface area contributed by atoms with Gasteiger partial charge in [0, 0.05) is 33.9 Å². The monoisotopic (exact) mass is 987 g/mol. The molecule has 1 aliphatic carbocycles. The van der Waals surface area contributed by atoms with Crippen LogP contribution in [0.1, 0.15) is 25.0 Å². The van der Waals surface area contributed by atoms with E-state index in [1.807, 2.05) is 0 Å². The molecule has 1 heterocycles. The molecule has 0 amide bonds. The van der Waals surface area contributed by atoms with Crippen molar-refractivity contribution in [1.29, 1.82) is 0 Å². The standard InChI is InChI=1S/C72H49N3S/c1-72(2)65-43-50(34-38-58(65)62-39-33-48-20-12-14-28-57(48)70(62)72)68-60-40-37-55(75(52-25-7-4-8-26-52)71-73-66-30-15-16-31-67(66)76-71)45-64(60)69(59-29-17-22-47-19-11-13-27-56(47)59)61-41-36-54(44-63(61)68)74(51-23-5-3-6-24-51)53-35-32-46-18-9-10-21-49(46)42-53/h3-45H,1-2H3. The molecule has 76 heavy (non-hydrogen) atoms. The summed E-state index contributed by atoms with van der Waals surface area (Å²) in [5.41, 5.74) is 16.3. The molecule has 0 saturated heterocycles. The van der Waals surface area contributed by atoms with Crippen LogP contribution in [0.3, 0.4) is 0 Å². The first kappa shape index (κ1) is 44.2. The highest BCUT2D eigenvalue weighted by molar-refractivity contribution is 7.22. The molecule has 0 atom stereocenters. The molecular weight excluding hydrogens is 939 g/mol. The van der Waals surface area contributed by atoms with Crippen LogP contribution >= 0.6 is 11.3 Å². The summed E-state index contributed by atoms with van der Waals surface area (Å²) in [6, 6.07) is 96.3. The van der Waals surface area contributed by atoms with E-state index in [1.165, 1.54) is 98.4 Å². The molecule has 0 bridgehead atoms. The van der Waals surface area contributed by atoms with Gasteiger partial charge in [-0.3, -0.25) is 4.90 Å². The highest BCUT2D eigenvalue weighted by Crippen LogP contribution is 2.55. The van der Waals surface area contributed by atoms with Crippen molar-refractivity contribution in [1.82, 2.24) is 4.98 Å². The number of fused-ring (bicyclic) bond motifs is 10. The van der Waals surface area contributed by atoms with Gasteiger partial charge >= 0.3 is 0 Å². The van der Waals surface area contributed by atoms with Crippen molar-refractivity contribution in [2.24, 2.45) is 0 Å². The predicted molar refractivity (Wildman–Crippen MR) is 325 cm³/mol. The Bertz CT molecular complexity index is 4590. The zero-order valence-electron chi connectivity index (χ0n) is 42.1. The first-order chi connectivity index (χ1) is 37.4. The molecule has 0 radical (unpaired) electrons. The van der Waals surface area contributed by atoms with Gasteiger partial charge in [0.15, 0.2) is 5.13 Å². The number of benzene rings is 13. The van der Waals surface area contributed by atoms with Crippen molar-refractivity contribution >= 4 is 109 Å². The van der Waals surface area contributed by atoms with Gasteiger partial charge in [-0.2, -0.15) is 0 Å². The van der Waals surface area contributed by atoms with E-state index in [0.717, 1.165) is 43.8 Å². The van der Waals surface area contributed by atoms with Crippen LogP contribution in [0.5, 0.6) is 0 Å². The molecule has 0 N–H and O–H groups in total. The van der Waals surface area contributed by atoms with Crippen LogP contribution in [0.4, 0.5) is 33.6 Å². The van der Waals surface area contributed by atoms with Crippen LogP contribution < -0.4 is 9.80 Å². The Morgan fingerprint density at radius 1 is 0.342 bits per heavy atom. The molecule has 0 spiro atoms. The summed E-state index contributed by atoms with van der Waals surface area (Å²) in [4.78, 5) is 10.1. The molecule has 0 aliphatic heterocycles. The van der Waals surface area contributed by atoms with Crippen LogP contribution in [0.2, 0.25) is 0 Å². The average Bonchev–Trinajstić information content (AvgIpc) is 4.02. The number of anilines is 6. The number of rotatable bonds is 8. The third-order valence-corrected chi connectivity index (χ3v) is 17.0. The molecule has 4 heteroatoms. The van der Waals surface area contributed by atoms with Gasteiger partial charge in [-0.1, -0.05) is 207 Å². The quantitative estimate of drug-likeness (QED) is 0.141. The van der Waals surface area contributed by atoms with Gasteiger partial charge in [-0.15, -0.1) is 0 Å². The number of hydrogen-bond donors (Lipinski definition) is 0. The van der Waals surface area contributed by atoms with Crippen molar-refractivity contribution in [3.63, 3.8) is 0 Å². The van der Waals surface area contributed by atoms with E-state index in [2.05, 4.69) is 285 Å². The Kier molecular flexibility index (Phi) is 10.1. The van der Waals surface area contributed by atoms with Gasteiger partial charge in [-0.05, 0) is 177 Å². The first-order valence-electron chi connectivity index (χ1n) is 26.2. The fourth-order valence-corrected chi connectivity index (χ4v) is 13.5. The summed E-state index contributed by atoms with van der Waals surface area (Å²) in [6.45, 7) is 4.83. The van der Waals surface area contributed by atoms with Crippen molar-refractivity contribution in [3.05, 3.63) is 272 Å². The largest absolute Gasteiger partial charge is 0.310 e. The average molecular weight is 988 g/mol. The fraction of sp³-hybridized carbons (Fsp3) is 0.0417. The van der Waals surface area contributed by atoms with Gasteiger partial charge in [0.05, 0.1) is 10.2 Å². The maximum absolute atomic E-state index is 5.30. The Labute approximate surface area is 445 Å². The molecule has 1 aliphatic rings. The zero-order chi connectivity index (χ0) is 50.5. The molecule has 1 aromatic heterocycles.